The number of rotatable bonds is 5. The van der Waals surface area contributed by atoms with Crippen LogP contribution in [0.4, 0.5) is 16.2 Å². The van der Waals surface area contributed by atoms with Gasteiger partial charge in [0.05, 0.1) is 5.69 Å². The van der Waals surface area contributed by atoms with E-state index in [9.17, 15) is 9.59 Å². The van der Waals surface area contributed by atoms with Crippen molar-refractivity contribution in [1.82, 2.24) is 4.90 Å². The lowest BCUT2D eigenvalue weighted by molar-refractivity contribution is -0.116. The van der Waals surface area contributed by atoms with E-state index in [0.29, 0.717) is 37.8 Å². The van der Waals surface area contributed by atoms with Gasteiger partial charge in [-0.1, -0.05) is 12.1 Å². The average Bonchev–Trinajstić information content (AvgIpc) is 3.08. The number of carbonyl (C=O) groups excluding carboxylic acids is 2. The van der Waals surface area contributed by atoms with Gasteiger partial charge in [0.2, 0.25) is 5.91 Å². The molecule has 1 N–H and O–H groups in total. The lowest BCUT2D eigenvalue weighted by Crippen LogP contribution is -2.37. The van der Waals surface area contributed by atoms with Crippen LogP contribution in [0.3, 0.4) is 0 Å². The zero-order valence-corrected chi connectivity index (χ0v) is 16.3. The Kier molecular flexibility index (Phi) is 5.29. The Balaban J connectivity index is 1.41. The third-order valence-corrected chi connectivity index (χ3v) is 5.44. The molecule has 4 rings (SSSR count). The normalized spacial score (nSPS) is 15.7. The van der Waals surface area contributed by atoms with Crippen LogP contribution in [0.5, 0.6) is 11.5 Å². The van der Waals surface area contributed by atoms with Crippen LogP contribution in [0.1, 0.15) is 0 Å². The van der Waals surface area contributed by atoms with E-state index >= 15 is 0 Å². The summed E-state index contributed by atoms with van der Waals surface area (Å²) in [5, 5.41) is 2.90. The Bertz CT molecular complexity index is 905. The molecule has 7 nitrogen and oxygen atoms in total. The molecular formula is C20H21N3O4S. The molecule has 146 valence electrons. The molecule has 1 fully saturated rings. The number of amides is 3. The molecule has 28 heavy (non-hydrogen) atoms. The van der Waals surface area contributed by atoms with Crippen molar-refractivity contribution >= 4 is 35.1 Å². The Morgan fingerprint density at radius 2 is 1.89 bits per heavy atom. The van der Waals surface area contributed by atoms with Gasteiger partial charge in [-0.3, -0.25) is 9.69 Å². The molecule has 1 saturated heterocycles. The van der Waals surface area contributed by atoms with E-state index in [-0.39, 0.29) is 18.5 Å². The number of carbonyl (C=O) groups is 2. The zero-order chi connectivity index (χ0) is 19.5. The number of ether oxygens (including phenoxy) is 2. The fraction of sp³-hybridized carbons (Fsp3) is 0.300. The van der Waals surface area contributed by atoms with Crippen molar-refractivity contribution in [3.63, 3.8) is 0 Å². The van der Waals surface area contributed by atoms with E-state index in [1.54, 1.807) is 21.6 Å². The molecule has 0 atom stereocenters. The molecule has 3 amide bonds. The second-order valence-electron chi connectivity index (χ2n) is 6.43. The van der Waals surface area contributed by atoms with Crippen LogP contribution in [-0.2, 0) is 4.79 Å². The average molecular weight is 399 g/mol. The van der Waals surface area contributed by atoms with Crippen LogP contribution in [0.2, 0.25) is 0 Å². The molecule has 2 aliphatic heterocycles. The van der Waals surface area contributed by atoms with Crippen molar-refractivity contribution in [2.24, 2.45) is 0 Å². The van der Waals surface area contributed by atoms with E-state index in [1.807, 2.05) is 48.7 Å². The number of para-hydroxylation sites is 1. The Hall–Kier alpha value is -2.87. The van der Waals surface area contributed by atoms with Crippen molar-refractivity contribution in [1.29, 1.82) is 0 Å². The highest BCUT2D eigenvalue weighted by atomic mass is 32.2. The van der Waals surface area contributed by atoms with Gasteiger partial charge in [-0.05, 0) is 30.5 Å². The second-order valence-corrected chi connectivity index (χ2v) is 7.28. The van der Waals surface area contributed by atoms with Crippen molar-refractivity contribution in [3.05, 3.63) is 42.5 Å². The molecule has 8 heteroatoms. The van der Waals surface area contributed by atoms with Crippen LogP contribution in [0.15, 0.2) is 47.4 Å². The molecule has 0 bridgehead atoms. The Labute approximate surface area is 167 Å². The molecule has 2 aliphatic rings. The number of nitrogens with zero attached hydrogens (tertiary/aromatic N) is 2. The second kappa shape index (κ2) is 8.02. The van der Waals surface area contributed by atoms with Crippen LogP contribution in [0.25, 0.3) is 0 Å². The fourth-order valence-electron chi connectivity index (χ4n) is 3.28. The van der Waals surface area contributed by atoms with Gasteiger partial charge in [0, 0.05) is 29.7 Å². The molecule has 0 spiro atoms. The maximum absolute atomic E-state index is 12.8. The maximum atomic E-state index is 12.8. The summed E-state index contributed by atoms with van der Waals surface area (Å²) in [6.45, 7) is 2.05. The molecule has 0 unspecified atom stereocenters. The predicted molar refractivity (Wildman–Crippen MR) is 109 cm³/mol. The minimum atomic E-state index is -0.209. The number of nitrogens with one attached hydrogen (secondary N) is 1. The first-order valence-corrected chi connectivity index (χ1v) is 10.3. The Morgan fingerprint density at radius 3 is 2.71 bits per heavy atom. The van der Waals surface area contributed by atoms with Crippen molar-refractivity contribution in [2.75, 3.05) is 49.3 Å². The number of hydrogen-bond acceptors (Lipinski definition) is 5. The van der Waals surface area contributed by atoms with E-state index < -0.39 is 0 Å². The lowest BCUT2D eigenvalue weighted by atomic mass is 10.2. The molecule has 0 aliphatic carbocycles. The maximum Gasteiger partial charge on any atom is 0.325 e. The summed E-state index contributed by atoms with van der Waals surface area (Å²) in [7, 11) is 0. The number of hydrogen-bond donors (Lipinski definition) is 1. The smallest absolute Gasteiger partial charge is 0.325 e. The van der Waals surface area contributed by atoms with Gasteiger partial charge in [-0.2, -0.15) is 0 Å². The molecular weight excluding hydrogens is 378 g/mol. The summed E-state index contributed by atoms with van der Waals surface area (Å²) in [5.41, 5.74) is 1.50. The van der Waals surface area contributed by atoms with Crippen molar-refractivity contribution < 1.29 is 19.1 Å². The van der Waals surface area contributed by atoms with E-state index in [2.05, 4.69) is 5.32 Å². The topological polar surface area (TPSA) is 71.1 Å². The minimum Gasteiger partial charge on any atom is -0.486 e. The molecule has 2 heterocycles. The number of anilines is 2. The van der Waals surface area contributed by atoms with E-state index in [4.69, 9.17) is 9.47 Å². The number of fused-ring (bicyclic) bond motifs is 1. The molecule has 0 saturated carbocycles. The van der Waals surface area contributed by atoms with Gasteiger partial charge in [0.25, 0.3) is 0 Å². The number of urea groups is 1. The van der Waals surface area contributed by atoms with Gasteiger partial charge in [-0.25, -0.2) is 4.79 Å². The predicted octanol–water partition coefficient (Wildman–Crippen LogP) is 3.06. The largest absolute Gasteiger partial charge is 0.486 e. The molecule has 0 aromatic heterocycles. The summed E-state index contributed by atoms with van der Waals surface area (Å²) < 4.78 is 11.1. The van der Waals surface area contributed by atoms with Gasteiger partial charge in [0.15, 0.2) is 11.5 Å². The SMILES string of the molecule is CSc1ccccc1NC(=O)CN1CCN(c2ccc3c(c2)OCCO3)C1=O. The molecule has 2 aromatic carbocycles. The fourth-order valence-corrected chi connectivity index (χ4v) is 3.83. The molecule has 2 aromatic rings. The number of benzene rings is 2. The van der Waals surface area contributed by atoms with Crippen LogP contribution >= 0.6 is 11.8 Å². The Morgan fingerprint density at radius 1 is 1.11 bits per heavy atom. The first-order chi connectivity index (χ1) is 13.7. The highest BCUT2D eigenvalue weighted by Gasteiger charge is 2.31. The number of thioether (sulfide) groups is 1. The first kappa shape index (κ1) is 18.5. The minimum absolute atomic E-state index is 0.0165. The summed E-state index contributed by atoms with van der Waals surface area (Å²) in [6.07, 6.45) is 1.96. The van der Waals surface area contributed by atoms with Gasteiger partial charge in [-0.15, -0.1) is 11.8 Å². The molecule has 0 radical (unpaired) electrons. The van der Waals surface area contributed by atoms with Crippen LogP contribution < -0.4 is 19.7 Å². The van der Waals surface area contributed by atoms with Crippen molar-refractivity contribution in [2.45, 2.75) is 4.90 Å². The van der Waals surface area contributed by atoms with Gasteiger partial charge < -0.3 is 19.7 Å². The summed E-state index contributed by atoms with van der Waals surface area (Å²) in [6, 6.07) is 12.9. The highest BCUT2D eigenvalue weighted by Crippen LogP contribution is 2.35. The van der Waals surface area contributed by atoms with E-state index in [0.717, 1.165) is 16.3 Å². The summed E-state index contributed by atoms with van der Waals surface area (Å²) >= 11 is 1.56. The van der Waals surface area contributed by atoms with Gasteiger partial charge in [0.1, 0.15) is 19.8 Å². The van der Waals surface area contributed by atoms with Crippen LogP contribution in [0, 0.1) is 0 Å². The zero-order valence-electron chi connectivity index (χ0n) is 15.5. The summed E-state index contributed by atoms with van der Waals surface area (Å²) in [5.74, 6) is 1.12. The first-order valence-electron chi connectivity index (χ1n) is 9.04. The van der Waals surface area contributed by atoms with Gasteiger partial charge >= 0.3 is 6.03 Å². The highest BCUT2D eigenvalue weighted by molar-refractivity contribution is 7.98. The van der Waals surface area contributed by atoms with E-state index in [1.165, 1.54) is 0 Å². The third-order valence-electron chi connectivity index (χ3n) is 4.65. The lowest BCUT2D eigenvalue weighted by Gasteiger charge is -2.22. The van der Waals surface area contributed by atoms with Crippen molar-refractivity contribution in [3.8, 4) is 11.5 Å². The summed E-state index contributed by atoms with van der Waals surface area (Å²) in [4.78, 5) is 29.4. The standard InChI is InChI=1S/C20H21N3O4S/c1-28-18-5-3-2-4-15(18)21-19(24)13-22-8-9-23(20(22)25)14-6-7-16-17(12-14)27-11-10-26-16/h2-7,12H,8-11,13H2,1H3,(H,21,24). The van der Waals surface area contributed by atoms with Crippen LogP contribution in [-0.4, -0.2) is 55.9 Å². The quantitative estimate of drug-likeness (QED) is 0.783. The third kappa shape index (κ3) is 3.73. The monoisotopic (exact) mass is 399 g/mol.